The Morgan fingerprint density at radius 3 is 2.39 bits per heavy atom. The lowest BCUT2D eigenvalue weighted by Gasteiger charge is -2.41. The highest BCUT2D eigenvalue weighted by Gasteiger charge is 2.27. The smallest absolute Gasteiger partial charge is 0.278 e. The highest BCUT2D eigenvalue weighted by molar-refractivity contribution is 7.94. The van der Waals surface area contributed by atoms with Crippen LogP contribution in [0, 0.1) is 0 Å². The summed E-state index contributed by atoms with van der Waals surface area (Å²) in [6.45, 7) is 12.5. The lowest BCUT2D eigenvalue weighted by molar-refractivity contribution is 0.172. The molecule has 0 unspecified atom stereocenters. The molecule has 170 valence electrons. The number of hydrogen-bond acceptors (Lipinski definition) is 5. The van der Waals surface area contributed by atoms with Gasteiger partial charge in [-0.15, -0.1) is 0 Å². The Morgan fingerprint density at radius 1 is 1.13 bits per heavy atom. The molecule has 0 spiro atoms. The summed E-state index contributed by atoms with van der Waals surface area (Å²) in [7, 11) is -3.86. The average molecular weight is 465 g/mol. The molecule has 1 saturated heterocycles. The lowest BCUT2D eigenvalue weighted by atomic mass is 10.0. The van der Waals surface area contributed by atoms with Crippen molar-refractivity contribution in [3.8, 4) is 0 Å². The minimum Gasteiger partial charge on any atom is -0.354 e. The maximum absolute atomic E-state index is 12.9. The Labute approximate surface area is 192 Å². The van der Waals surface area contributed by atoms with E-state index < -0.39 is 10.0 Å². The van der Waals surface area contributed by atoms with Gasteiger partial charge >= 0.3 is 0 Å². The topological polar surface area (TPSA) is 56.8 Å². The highest BCUT2D eigenvalue weighted by Crippen LogP contribution is 2.28. The second kappa shape index (κ2) is 10.2. The zero-order valence-corrected chi connectivity index (χ0v) is 20.4. The summed E-state index contributed by atoms with van der Waals surface area (Å²) in [5.41, 5.74) is 1.41. The monoisotopic (exact) mass is 464 g/mol. The van der Waals surface area contributed by atoms with Crippen molar-refractivity contribution in [1.82, 2.24) is 9.88 Å². The quantitative estimate of drug-likeness (QED) is 0.522. The van der Waals surface area contributed by atoms with Gasteiger partial charge in [0.2, 0.25) is 0 Å². The van der Waals surface area contributed by atoms with Crippen LogP contribution < -0.4 is 8.72 Å². The summed E-state index contributed by atoms with van der Waals surface area (Å²) in [6.07, 6.45) is 3.78. The van der Waals surface area contributed by atoms with Gasteiger partial charge in [0.05, 0.1) is 16.8 Å². The molecule has 0 amide bonds. The van der Waals surface area contributed by atoms with Crippen molar-refractivity contribution in [2.75, 3.05) is 34.9 Å². The highest BCUT2D eigenvalue weighted by atomic mass is 35.5. The summed E-state index contributed by atoms with van der Waals surface area (Å²) in [6, 6.07) is 10.9. The van der Waals surface area contributed by atoms with Crippen LogP contribution in [0.2, 0.25) is 0 Å². The minimum absolute atomic E-state index is 0.161. The first-order chi connectivity index (χ1) is 14.8. The molecule has 0 radical (unpaired) electrons. The zero-order valence-electron chi connectivity index (χ0n) is 18.8. The first-order valence-corrected chi connectivity index (χ1v) is 12.8. The van der Waals surface area contributed by atoms with Gasteiger partial charge in [0.15, 0.2) is 0 Å². The predicted octanol–water partition coefficient (Wildman–Crippen LogP) is 4.86. The maximum Gasteiger partial charge on any atom is 0.278 e. The number of aromatic nitrogens is 1. The molecule has 0 bridgehead atoms. The van der Waals surface area contributed by atoms with Crippen molar-refractivity contribution < 1.29 is 8.42 Å². The van der Waals surface area contributed by atoms with Crippen molar-refractivity contribution in [3.63, 3.8) is 0 Å². The molecular formula is C23H33ClN4O2S. The largest absolute Gasteiger partial charge is 0.354 e. The number of nitrogens with zero attached hydrogens (tertiary/aromatic N) is 4. The van der Waals surface area contributed by atoms with Crippen molar-refractivity contribution >= 4 is 33.3 Å². The number of piperazine rings is 1. The molecule has 3 rings (SSSR count). The van der Waals surface area contributed by atoms with Gasteiger partial charge in [0.25, 0.3) is 10.0 Å². The van der Waals surface area contributed by atoms with Gasteiger partial charge in [0, 0.05) is 37.5 Å². The van der Waals surface area contributed by atoms with E-state index in [0.717, 1.165) is 54.2 Å². The molecule has 8 heteroatoms. The molecule has 0 saturated carbocycles. The number of benzene rings is 1. The molecule has 1 atom stereocenters. The second-order valence-corrected chi connectivity index (χ2v) is 10.7. The standard InChI is InChI=1S/C23H33ClN4O2S/c1-5-13-26-14-15-27(17-20(26)6-2)23-12-9-21(16-25-23)28(24)31(29,30)22-10-7-19(8-11-22)18(3)4/h7-12,16,18,20H,5-6,13-15,17H2,1-4H3/t20-/m0/s1. The molecule has 31 heavy (non-hydrogen) atoms. The molecule has 6 nitrogen and oxygen atoms in total. The van der Waals surface area contributed by atoms with Gasteiger partial charge in [-0.2, -0.15) is 12.2 Å². The molecule has 2 heterocycles. The average Bonchev–Trinajstić information content (AvgIpc) is 2.79. The third kappa shape index (κ3) is 5.33. The van der Waals surface area contributed by atoms with Gasteiger partial charge < -0.3 is 4.90 Å². The Morgan fingerprint density at radius 2 is 1.84 bits per heavy atom. The number of halogens is 1. The minimum atomic E-state index is -3.86. The Kier molecular flexibility index (Phi) is 7.83. The van der Waals surface area contributed by atoms with E-state index in [2.05, 4.69) is 42.5 Å². The Bertz CT molecular complexity index is 949. The van der Waals surface area contributed by atoms with E-state index >= 15 is 0 Å². The normalized spacial score (nSPS) is 17.9. The molecule has 1 fully saturated rings. The van der Waals surface area contributed by atoms with E-state index in [9.17, 15) is 8.42 Å². The van der Waals surface area contributed by atoms with Crippen LogP contribution in [0.1, 0.15) is 52.0 Å². The number of pyridine rings is 1. The summed E-state index contributed by atoms with van der Waals surface area (Å²) in [5.74, 6) is 1.18. The predicted molar refractivity (Wildman–Crippen MR) is 128 cm³/mol. The summed E-state index contributed by atoms with van der Waals surface area (Å²) >= 11 is 6.26. The molecule has 1 aliphatic heterocycles. The van der Waals surface area contributed by atoms with E-state index in [1.165, 1.54) is 6.20 Å². The summed E-state index contributed by atoms with van der Waals surface area (Å²) < 4.78 is 26.6. The number of anilines is 2. The number of sulfonamides is 1. The summed E-state index contributed by atoms with van der Waals surface area (Å²) in [5, 5.41) is 0. The first-order valence-electron chi connectivity index (χ1n) is 11.0. The lowest BCUT2D eigenvalue weighted by Crippen LogP contribution is -2.53. The van der Waals surface area contributed by atoms with Crippen LogP contribution in [-0.4, -0.2) is 50.5 Å². The van der Waals surface area contributed by atoms with Crippen LogP contribution in [0.4, 0.5) is 11.5 Å². The second-order valence-electron chi connectivity index (χ2n) is 8.36. The molecule has 0 aliphatic carbocycles. The fourth-order valence-electron chi connectivity index (χ4n) is 4.00. The van der Waals surface area contributed by atoms with Crippen LogP contribution in [0.3, 0.4) is 0 Å². The van der Waals surface area contributed by atoms with Crippen LogP contribution in [0.5, 0.6) is 0 Å². The molecule has 1 aromatic carbocycles. The zero-order chi connectivity index (χ0) is 22.6. The molecule has 0 N–H and O–H groups in total. The van der Waals surface area contributed by atoms with Crippen LogP contribution >= 0.6 is 11.8 Å². The van der Waals surface area contributed by atoms with Gasteiger partial charge in [-0.1, -0.05) is 39.8 Å². The summed E-state index contributed by atoms with van der Waals surface area (Å²) in [4.78, 5) is 9.50. The van der Waals surface area contributed by atoms with Crippen molar-refractivity contribution in [3.05, 3.63) is 48.2 Å². The fraction of sp³-hybridized carbons (Fsp3) is 0.522. The van der Waals surface area contributed by atoms with E-state index in [1.807, 2.05) is 18.2 Å². The van der Waals surface area contributed by atoms with Crippen molar-refractivity contribution in [2.45, 2.75) is 57.4 Å². The maximum atomic E-state index is 12.9. The molecule has 1 aromatic heterocycles. The van der Waals surface area contributed by atoms with E-state index in [-0.39, 0.29) is 4.90 Å². The third-order valence-corrected chi connectivity index (χ3v) is 8.14. The van der Waals surface area contributed by atoms with Gasteiger partial charge in [-0.05, 0) is 55.1 Å². The first kappa shape index (κ1) is 23.8. The third-order valence-electron chi connectivity index (χ3n) is 5.90. The molecular weight excluding hydrogens is 432 g/mol. The van der Waals surface area contributed by atoms with Gasteiger partial charge in [-0.25, -0.2) is 4.98 Å². The SMILES string of the molecule is CCCN1CCN(c2ccc(N(Cl)S(=O)(=O)c3ccc(C(C)C)cc3)cn2)C[C@@H]1CC. The number of hydrogen-bond donors (Lipinski definition) is 0. The van der Waals surface area contributed by atoms with E-state index in [1.54, 1.807) is 18.2 Å². The van der Waals surface area contributed by atoms with Crippen LogP contribution in [0.25, 0.3) is 0 Å². The van der Waals surface area contributed by atoms with E-state index in [4.69, 9.17) is 11.8 Å². The molecule has 1 aliphatic rings. The van der Waals surface area contributed by atoms with Gasteiger partial charge in [0.1, 0.15) is 5.82 Å². The number of rotatable bonds is 8. The van der Waals surface area contributed by atoms with Crippen LogP contribution in [0.15, 0.2) is 47.5 Å². The fourth-order valence-corrected chi connectivity index (χ4v) is 5.38. The Balaban J connectivity index is 1.73. The van der Waals surface area contributed by atoms with Crippen LogP contribution in [-0.2, 0) is 10.0 Å². The van der Waals surface area contributed by atoms with Crippen molar-refractivity contribution in [2.24, 2.45) is 0 Å². The van der Waals surface area contributed by atoms with E-state index in [0.29, 0.717) is 17.6 Å². The molecule has 2 aromatic rings. The Hall–Kier alpha value is -1.83. The van der Waals surface area contributed by atoms with Gasteiger partial charge in [-0.3, -0.25) is 4.90 Å². The van der Waals surface area contributed by atoms with Crippen molar-refractivity contribution in [1.29, 1.82) is 0 Å².